The molecule has 12 rings (SSSR count). The molecule has 6 aromatic heterocycles. The third-order valence-corrected chi connectivity index (χ3v) is 14.9. The number of nitrogens with zero attached hydrogens (tertiary/aromatic N) is 14. The minimum atomic E-state index is -1.26. The highest BCUT2D eigenvalue weighted by Crippen LogP contribution is 2.31. The zero-order valence-electron chi connectivity index (χ0n) is 44.0. The molecule has 4 bridgehead atoms. The molecule has 78 heavy (non-hydrogen) atoms. The number of aromatic nitrogens is 10. The third kappa shape index (κ3) is 10.8. The SMILES string of the molecule is CN1CCN(c2ccc(Nc3ncc4c(=O)n5n(c4n3)-c3cccc(n3)[C@@](C)(O)CC/C=C(\F)C5)cc2)CC1.CN1CCN(c2ccc(Nc3ncc4c(=O)n5n(c4n3)-c3cccc(n3)[C@](C)(O)CC/C=C(\F)C5)cc2)CC1. The first-order valence-electron chi connectivity index (χ1n) is 26.2. The van der Waals surface area contributed by atoms with Crippen molar-refractivity contribution in [2.45, 2.75) is 63.8 Å². The zero-order valence-corrected chi connectivity index (χ0v) is 44.0. The van der Waals surface area contributed by atoms with E-state index >= 15 is 0 Å². The largest absolute Gasteiger partial charge is 0.384 e. The lowest BCUT2D eigenvalue weighted by molar-refractivity contribution is 0.0438. The summed E-state index contributed by atoms with van der Waals surface area (Å²) in [7, 11) is 4.27. The number of hydrogen-bond donors (Lipinski definition) is 4. The molecule has 0 radical (unpaired) electrons. The van der Waals surface area contributed by atoms with Gasteiger partial charge in [-0.2, -0.15) is 9.97 Å². The number of benzene rings is 2. The summed E-state index contributed by atoms with van der Waals surface area (Å²) in [6.45, 7) is 10.8. The van der Waals surface area contributed by atoms with E-state index in [4.69, 9.17) is 0 Å². The van der Waals surface area contributed by atoms with Crippen molar-refractivity contribution in [1.29, 1.82) is 0 Å². The number of nitrogens with one attached hydrogen (secondary N) is 2. The van der Waals surface area contributed by atoms with Crippen LogP contribution in [-0.2, 0) is 24.3 Å². The van der Waals surface area contributed by atoms with Gasteiger partial charge in [0.2, 0.25) is 11.9 Å². The molecule has 10 heterocycles. The molecule has 404 valence electrons. The van der Waals surface area contributed by atoms with Gasteiger partial charge in [0.05, 0.1) is 24.5 Å². The van der Waals surface area contributed by atoms with E-state index in [1.165, 1.54) is 43.3 Å². The Morgan fingerprint density at radius 2 is 0.910 bits per heavy atom. The van der Waals surface area contributed by atoms with E-state index < -0.39 is 34.0 Å². The number of halogens is 2. The maximum Gasteiger partial charge on any atom is 0.278 e. The van der Waals surface area contributed by atoms with Crippen LogP contribution < -0.4 is 31.6 Å². The first-order chi connectivity index (χ1) is 37.6. The Morgan fingerprint density at radius 1 is 0.526 bits per heavy atom. The van der Waals surface area contributed by atoms with Gasteiger partial charge < -0.3 is 40.4 Å². The van der Waals surface area contributed by atoms with Crippen molar-refractivity contribution in [2.75, 3.05) is 86.9 Å². The van der Waals surface area contributed by atoms with Gasteiger partial charge in [-0.1, -0.05) is 24.3 Å². The van der Waals surface area contributed by atoms with Crippen molar-refractivity contribution in [3.05, 3.63) is 153 Å². The molecule has 20 nitrogen and oxygen atoms in total. The Kier molecular flexibility index (Phi) is 14.2. The highest BCUT2D eigenvalue weighted by Gasteiger charge is 2.29. The van der Waals surface area contributed by atoms with Crippen LogP contribution in [0.5, 0.6) is 0 Å². The monoisotopic (exact) mass is 1060 g/mol. The second-order valence-corrected chi connectivity index (χ2v) is 20.8. The lowest BCUT2D eigenvalue weighted by Crippen LogP contribution is -2.44. The highest BCUT2D eigenvalue weighted by molar-refractivity contribution is 5.78. The van der Waals surface area contributed by atoms with Crippen LogP contribution in [0.4, 0.5) is 43.4 Å². The number of pyridine rings is 2. The molecule has 8 aromatic rings. The number of rotatable bonds is 6. The van der Waals surface area contributed by atoms with Gasteiger partial charge >= 0.3 is 0 Å². The highest BCUT2D eigenvalue weighted by atomic mass is 19.1. The molecule has 0 unspecified atom stereocenters. The summed E-state index contributed by atoms with van der Waals surface area (Å²) in [5, 5.41) is 28.9. The van der Waals surface area contributed by atoms with Crippen molar-refractivity contribution in [3.63, 3.8) is 0 Å². The number of allylic oxidation sites excluding steroid dienone is 4. The smallest absolute Gasteiger partial charge is 0.278 e. The Morgan fingerprint density at radius 3 is 1.29 bits per heavy atom. The Balaban J connectivity index is 0.000000165. The molecular formula is C56H62F2N16O4. The summed E-state index contributed by atoms with van der Waals surface area (Å²) in [4.78, 5) is 63.3. The minimum Gasteiger partial charge on any atom is -0.384 e. The molecule has 0 aliphatic carbocycles. The van der Waals surface area contributed by atoms with Gasteiger partial charge in [0.25, 0.3) is 11.1 Å². The third-order valence-electron chi connectivity index (χ3n) is 14.9. The molecule has 2 atom stereocenters. The number of hydrogen-bond acceptors (Lipinski definition) is 16. The average molecular weight is 1060 g/mol. The van der Waals surface area contributed by atoms with E-state index in [9.17, 15) is 28.6 Å². The maximum atomic E-state index is 14.9. The maximum absolute atomic E-state index is 14.9. The van der Waals surface area contributed by atoms with Gasteiger partial charge in [-0.05, 0) is 126 Å². The Labute approximate surface area is 448 Å². The summed E-state index contributed by atoms with van der Waals surface area (Å²) in [5.41, 5.74) is 2.01. The summed E-state index contributed by atoms with van der Waals surface area (Å²) < 4.78 is 35.3. The molecule has 4 aliphatic rings. The summed E-state index contributed by atoms with van der Waals surface area (Å²) in [6.07, 6.45) is 6.92. The number of likely N-dealkylation sites (N-methyl/N-ethyl adjacent to an activating group) is 2. The van der Waals surface area contributed by atoms with E-state index in [1.807, 2.05) is 24.3 Å². The fraction of sp³-hybridized carbons (Fsp3) is 0.357. The van der Waals surface area contributed by atoms with Gasteiger partial charge in [-0.15, -0.1) is 0 Å². The number of anilines is 6. The van der Waals surface area contributed by atoms with Gasteiger partial charge in [-0.3, -0.25) is 9.59 Å². The van der Waals surface area contributed by atoms with Gasteiger partial charge in [-0.25, -0.2) is 47.4 Å². The average Bonchev–Trinajstić information content (AvgIpc) is 4.02. The Bertz CT molecular complexity index is 3440. The fourth-order valence-corrected chi connectivity index (χ4v) is 10.2. The molecule has 4 aliphatic heterocycles. The lowest BCUT2D eigenvalue weighted by atomic mass is 9.95. The van der Waals surface area contributed by atoms with Gasteiger partial charge in [0.15, 0.2) is 22.9 Å². The molecule has 4 N–H and O–H groups in total. The van der Waals surface area contributed by atoms with Crippen LogP contribution in [0, 0.1) is 0 Å². The Hall–Kier alpha value is -8.18. The van der Waals surface area contributed by atoms with Crippen molar-refractivity contribution >= 4 is 56.7 Å². The molecule has 2 saturated heterocycles. The molecule has 2 aromatic carbocycles. The number of piperazine rings is 2. The van der Waals surface area contributed by atoms with Crippen molar-refractivity contribution in [3.8, 4) is 11.6 Å². The standard InChI is InChI=1S/2C28H31FN8O2/c2*1-28(39)12-4-5-19(29)18-36-26(38)22-17-30-27(33-25(22)37(36)24-7-3-6-23(28)32-24)31-20-8-10-21(11-9-20)35-15-13-34(2)14-16-35/h2*3,5-11,17,39H,4,12-16,18H2,1-2H3,(H,30,31,33)/b2*19-5-/t2*28-/m10/s1. The van der Waals surface area contributed by atoms with Crippen molar-refractivity contribution in [2.24, 2.45) is 0 Å². The first-order valence-corrected chi connectivity index (χ1v) is 26.2. The summed E-state index contributed by atoms with van der Waals surface area (Å²) in [5.74, 6) is 0.359. The summed E-state index contributed by atoms with van der Waals surface area (Å²) >= 11 is 0. The van der Waals surface area contributed by atoms with E-state index in [-0.39, 0.29) is 23.9 Å². The molecule has 22 heteroatoms. The van der Waals surface area contributed by atoms with Crippen LogP contribution in [-0.4, -0.2) is 135 Å². The van der Waals surface area contributed by atoms with Crippen molar-refractivity contribution < 1.29 is 19.0 Å². The van der Waals surface area contributed by atoms with Crippen LogP contribution in [0.2, 0.25) is 0 Å². The summed E-state index contributed by atoms with van der Waals surface area (Å²) in [6, 6.07) is 26.6. The predicted molar refractivity (Wildman–Crippen MR) is 297 cm³/mol. The quantitative estimate of drug-likeness (QED) is 0.137. The van der Waals surface area contributed by atoms with E-state index in [0.29, 0.717) is 71.9 Å². The molecule has 0 amide bonds. The second-order valence-electron chi connectivity index (χ2n) is 20.8. The van der Waals surface area contributed by atoms with Gasteiger partial charge in [0.1, 0.15) is 33.6 Å². The molecule has 0 spiro atoms. The van der Waals surface area contributed by atoms with Crippen LogP contribution in [0.15, 0.2) is 131 Å². The minimum absolute atomic E-state index is 0.245. The fourth-order valence-electron chi connectivity index (χ4n) is 10.2. The second kappa shape index (κ2) is 21.3. The van der Waals surface area contributed by atoms with E-state index in [1.54, 1.807) is 50.2 Å². The van der Waals surface area contributed by atoms with E-state index in [0.717, 1.165) is 75.1 Å². The van der Waals surface area contributed by atoms with Crippen LogP contribution in [0.25, 0.3) is 33.7 Å². The molecule has 0 saturated carbocycles. The number of aliphatic hydroxyl groups is 2. The van der Waals surface area contributed by atoms with Gasteiger partial charge in [0, 0.05) is 87.5 Å². The van der Waals surface area contributed by atoms with Crippen LogP contribution in [0.3, 0.4) is 0 Å². The lowest BCUT2D eigenvalue weighted by Gasteiger charge is -2.34. The van der Waals surface area contributed by atoms with Crippen molar-refractivity contribution in [1.82, 2.24) is 58.4 Å². The van der Waals surface area contributed by atoms with Crippen LogP contribution >= 0.6 is 0 Å². The molecule has 2 fully saturated rings. The van der Waals surface area contributed by atoms with Crippen LogP contribution in [0.1, 0.15) is 50.9 Å². The molecular weight excluding hydrogens is 999 g/mol. The van der Waals surface area contributed by atoms with E-state index in [2.05, 4.69) is 98.5 Å². The normalized spacial score (nSPS) is 21.6. The topological polar surface area (TPSA) is 209 Å². The zero-order chi connectivity index (χ0) is 54.3. The number of fused-ring (bicyclic) bond motifs is 12. The predicted octanol–water partition coefficient (Wildman–Crippen LogP) is 6.65. The first kappa shape index (κ1) is 51.9.